The number of sulfonamides is 1. The standard InChI is InChI=1S/C10H15NO2S2/c1-2-15(12,13)11-8-10(5-6-10)9-4-3-7-14-9/h3-4,7,11H,2,5-6,8H2,1H3. The van der Waals surface area contributed by atoms with E-state index >= 15 is 0 Å². The Morgan fingerprint density at radius 2 is 2.27 bits per heavy atom. The van der Waals surface area contributed by atoms with Gasteiger partial charge in [0.25, 0.3) is 0 Å². The Morgan fingerprint density at radius 1 is 1.53 bits per heavy atom. The zero-order valence-electron chi connectivity index (χ0n) is 8.69. The molecule has 0 saturated heterocycles. The summed E-state index contributed by atoms with van der Waals surface area (Å²) >= 11 is 1.72. The van der Waals surface area contributed by atoms with Crippen LogP contribution in [0, 0.1) is 0 Å². The van der Waals surface area contributed by atoms with Crippen molar-refractivity contribution in [3.63, 3.8) is 0 Å². The highest BCUT2D eigenvalue weighted by Gasteiger charge is 2.45. The molecule has 0 aromatic carbocycles. The third-order valence-electron chi connectivity index (χ3n) is 2.91. The van der Waals surface area contributed by atoms with E-state index in [4.69, 9.17) is 0 Å². The normalized spacial score (nSPS) is 19.0. The van der Waals surface area contributed by atoms with Crippen molar-refractivity contribution < 1.29 is 8.42 Å². The van der Waals surface area contributed by atoms with E-state index in [2.05, 4.69) is 10.8 Å². The van der Waals surface area contributed by atoms with Crippen LogP contribution in [0.5, 0.6) is 0 Å². The van der Waals surface area contributed by atoms with Gasteiger partial charge < -0.3 is 0 Å². The third-order valence-corrected chi connectivity index (χ3v) is 5.37. The van der Waals surface area contributed by atoms with Crippen LogP contribution in [-0.4, -0.2) is 20.7 Å². The second kappa shape index (κ2) is 3.88. The van der Waals surface area contributed by atoms with Gasteiger partial charge in [0.05, 0.1) is 5.75 Å². The molecule has 0 unspecified atom stereocenters. The van der Waals surface area contributed by atoms with Gasteiger partial charge in [0.2, 0.25) is 10.0 Å². The Hall–Kier alpha value is -0.390. The molecule has 0 amide bonds. The van der Waals surface area contributed by atoms with Gasteiger partial charge in [-0.2, -0.15) is 0 Å². The van der Waals surface area contributed by atoms with Gasteiger partial charge in [0, 0.05) is 16.8 Å². The fraction of sp³-hybridized carbons (Fsp3) is 0.600. The summed E-state index contributed by atoms with van der Waals surface area (Å²) in [6, 6.07) is 4.12. The summed E-state index contributed by atoms with van der Waals surface area (Å²) in [6.07, 6.45) is 2.19. The molecule has 0 atom stereocenters. The minimum atomic E-state index is -3.05. The van der Waals surface area contributed by atoms with Crippen molar-refractivity contribution >= 4 is 21.4 Å². The highest BCUT2D eigenvalue weighted by molar-refractivity contribution is 7.89. The number of rotatable bonds is 5. The fourth-order valence-corrected chi connectivity index (χ4v) is 3.28. The van der Waals surface area contributed by atoms with Gasteiger partial charge in [-0.15, -0.1) is 11.3 Å². The molecule has 84 valence electrons. The van der Waals surface area contributed by atoms with Crippen molar-refractivity contribution in [2.24, 2.45) is 0 Å². The Bertz CT molecular complexity index is 418. The summed E-state index contributed by atoms with van der Waals surface area (Å²) in [5.41, 5.74) is 0.108. The lowest BCUT2D eigenvalue weighted by atomic mass is 10.1. The third kappa shape index (κ3) is 2.41. The SMILES string of the molecule is CCS(=O)(=O)NCC1(c2cccs2)CC1. The van der Waals surface area contributed by atoms with Gasteiger partial charge in [-0.3, -0.25) is 0 Å². The summed E-state index contributed by atoms with van der Waals surface area (Å²) in [7, 11) is -3.05. The topological polar surface area (TPSA) is 46.2 Å². The van der Waals surface area contributed by atoms with Crippen LogP contribution in [0.25, 0.3) is 0 Å². The molecule has 0 radical (unpaired) electrons. The predicted octanol–water partition coefficient (Wildman–Crippen LogP) is 1.72. The van der Waals surface area contributed by atoms with Gasteiger partial charge in [0.1, 0.15) is 0 Å². The molecule has 0 bridgehead atoms. The molecule has 1 heterocycles. The van der Waals surface area contributed by atoms with Gasteiger partial charge in [0.15, 0.2) is 0 Å². The van der Waals surface area contributed by atoms with Crippen LogP contribution in [0.15, 0.2) is 17.5 Å². The maximum atomic E-state index is 11.3. The summed E-state index contributed by atoms with van der Waals surface area (Å²) in [6.45, 7) is 2.22. The van der Waals surface area contributed by atoms with Gasteiger partial charge in [-0.05, 0) is 31.2 Å². The molecule has 2 rings (SSSR count). The van der Waals surface area contributed by atoms with Crippen LogP contribution in [0.2, 0.25) is 0 Å². The highest BCUT2D eigenvalue weighted by Crippen LogP contribution is 2.49. The smallest absolute Gasteiger partial charge is 0.211 e. The predicted molar refractivity (Wildman–Crippen MR) is 62.7 cm³/mol. The van der Waals surface area contributed by atoms with Crippen LogP contribution in [-0.2, 0) is 15.4 Å². The molecule has 5 heteroatoms. The van der Waals surface area contributed by atoms with Crippen molar-refractivity contribution in [3.8, 4) is 0 Å². The number of hydrogen-bond acceptors (Lipinski definition) is 3. The zero-order valence-corrected chi connectivity index (χ0v) is 10.3. The van der Waals surface area contributed by atoms with E-state index in [-0.39, 0.29) is 11.2 Å². The lowest BCUT2D eigenvalue weighted by Crippen LogP contribution is -2.32. The van der Waals surface area contributed by atoms with E-state index < -0.39 is 10.0 Å². The molecule has 1 aliphatic rings. The number of nitrogens with one attached hydrogen (secondary N) is 1. The molecular formula is C10H15NO2S2. The molecule has 15 heavy (non-hydrogen) atoms. The van der Waals surface area contributed by atoms with Crippen LogP contribution in [0.4, 0.5) is 0 Å². The van der Waals surface area contributed by atoms with Gasteiger partial charge in [-0.1, -0.05) is 6.07 Å². The van der Waals surface area contributed by atoms with Crippen molar-refractivity contribution in [2.45, 2.75) is 25.2 Å². The van der Waals surface area contributed by atoms with Crippen molar-refractivity contribution in [2.75, 3.05) is 12.3 Å². The minimum Gasteiger partial charge on any atom is -0.214 e. The lowest BCUT2D eigenvalue weighted by Gasteiger charge is -2.13. The Labute approximate surface area is 94.6 Å². The van der Waals surface area contributed by atoms with Gasteiger partial charge in [-0.25, -0.2) is 13.1 Å². The first-order chi connectivity index (χ1) is 7.08. The van der Waals surface area contributed by atoms with E-state index in [1.807, 2.05) is 11.4 Å². The first kappa shape index (κ1) is 11.1. The number of thiophene rings is 1. The first-order valence-corrected chi connectivity index (χ1v) is 7.62. The largest absolute Gasteiger partial charge is 0.214 e. The molecule has 1 N–H and O–H groups in total. The second-order valence-corrected chi connectivity index (χ2v) is 7.03. The zero-order chi connectivity index (χ0) is 10.9. The Balaban J connectivity index is 2.02. The van der Waals surface area contributed by atoms with Crippen LogP contribution < -0.4 is 4.72 Å². The van der Waals surface area contributed by atoms with Crippen molar-refractivity contribution in [1.82, 2.24) is 4.72 Å². The lowest BCUT2D eigenvalue weighted by molar-refractivity contribution is 0.570. The minimum absolute atomic E-state index is 0.108. The first-order valence-electron chi connectivity index (χ1n) is 5.09. The molecule has 0 spiro atoms. The summed E-state index contributed by atoms with van der Waals surface area (Å²) < 4.78 is 25.3. The monoisotopic (exact) mass is 245 g/mol. The quantitative estimate of drug-likeness (QED) is 0.858. The maximum Gasteiger partial charge on any atom is 0.211 e. The average molecular weight is 245 g/mol. The van der Waals surface area contributed by atoms with E-state index in [1.54, 1.807) is 18.3 Å². The molecule has 1 aliphatic carbocycles. The summed E-state index contributed by atoms with van der Waals surface area (Å²) in [4.78, 5) is 1.31. The maximum absolute atomic E-state index is 11.3. The fourth-order valence-electron chi connectivity index (χ4n) is 1.59. The van der Waals surface area contributed by atoms with Crippen molar-refractivity contribution in [1.29, 1.82) is 0 Å². The van der Waals surface area contributed by atoms with Gasteiger partial charge >= 0.3 is 0 Å². The van der Waals surface area contributed by atoms with Crippen LogP contribution in [0.3, 0.4) is 0 Å². The average Bonchev–Trinajstić information content (AvgIpc) is 2.81. The molecule has 1 saturated carbocycles. The van der Waals surface area contributed by atoms with E-state index in [0.717, 1.165) is 12.8 Å². The Morgan fingerprint density at radius 3 is 2.73 bits per heavy atom. The highest BCUT2D eigenvalue weighted by atomic mass is 32.2. The van der Waals surface area contributed by atoms with E-state index in [9.17, 15) is 8.42 Å². The Kier molecular flexibility index (Phi) is 2.87. The molecule has 1 aromatic rings. The molecule has 1 fully saturated rings. The number of hydrogen-bond donors (Lipinski definition) is 1. The van der Waals surface area contributed by atoms with Crippen LogP contribution in [0.1, 0.15) is 24.6 Å². The second-order valence-electron chi connectivity index (χ2n) is 3.98. The molecule has 1 aromatic heterocycles. The summed E-state index contributed by atoms with van der Waals surface area (Å²) in [5.74, 6) is 0.160. The van der Waals surface area contributed by atoms with Crippen LogP contribution >= 0.6 is 11.3 Å². The molecule has 3 nitrogen and oxygen atoms in total. The molecule has 0 aliphatic heterocycles. The summed E-state index contributed by atoms with van der Waals surface area (Å²) in [5, 5.41) is 2.05. The van der Waals surface area contributed by atoms with E-state index in [0.29, 0.717) is 6.54 Å². The van der Waals surface area contributed by atoms with E-state index in [1.165, 1.54) is 4.88 Å². The molecular weight excluding hydrogens is 230 g/mol. The van der Waals surface area contributed by atoms with Crippen molar-refractivity contribution in [3.05, 3.63) is 22.4 Å².